The Morgan fingerprint density at radius 3 is 2.90 bits per heavy atom. The number of ether oxygens (including phenoxy) is 1. The summed E-state index contributed by atoms with van der Waals surface area (Å²) in [5.74, 6) is 0.405. The Balaban J connectivity index is 1.98. The third kappa shape index (κ3) is 4.49. The Kier molecular flexibility index (Phi) is 6.61. The predicted molar refractivity (Wildman–Crippen MR) is 86.8 cm³/mol. The van der Waals surface area contributed by atoms with E-state index in [0.29, 0.717) is 24.6 Å². The van der Waals surface area contributed by atoms with Crippen molar-refractivity contribution in [3.05, 3.63) is 15.6 Å². The summed E-state index contributed by atoms with van der Waals surface area (Å²) in [6, 6.07) is 0.735. The first-order chi connectivity index (χ1) is 10.2. The molecule has 4 nitrogen and oxygen atoms in total. The van der Waals surface area contributed by atoms with Crippen molar-refractivity contribution in [2.45, 2.75) is 58.0 Å². The van der Waals surface area contributed by atoms with E-state index in [1.54, 1.807) is 18.4 Å². The number of hydrogen-bond acceptors (Lipinski definition) is 5. The molecule has 2 rings (SSSR count). The van der Waals surface area contributed by atoms with Crippen molar-refractivity contribution in [3.63, 3.8) is 0 Å². The van der Waals surface area contributed by atoms with Gasteiger partial charge in [-0.2, -0.15) is 0 Å². The second kappa shape index (κ2) is 8.22. The van der Waals surface area contributed by atoms with Gasteiger partial charge < -0.3 is 15.2 Å². The lowest BCUT2D eigenvalue weighted by Gasteiger charge is -2.33. The van der Waals surface area contributed by atoms with Gasteiger partial charge >= 0.3 is 0 Å². The number of aromatic nitrogens is 1. The van der Waals surface area contributed by atoms with Crippen LogP contribution in [0.1, 0.15) is 54.2 Å². The number of aliphatic hydroxyl groups is 1. The van der Waals surface area contributed by atoms with Crippen molar-refractivity contribution in [1.29, 1.82) is 0 Å². The quantitative estimate of drug-likeness (QED) is 0.813. The Morgan fingerprint density at radius 2 is 2.19 bits per heavy atom. The van der Waals surface area contributed by atoms with Gasteiger partial charge in [0.05, 0.1) is 17.3 Å². The number of thiazole rings is 1. The molecular formula is C16H28N2O2S. The monoisotopic (exact) mass is 312 g/mol. The van der Waals surface area contributed by atoms with E-state index in [4.69, 9.17) is 4.74 Å². The van der Waals surface area contributed by atoms with Crippen LogP contribution in [0.15, 0.2) is 0 Å². The van der Waals surface area contributed by atoms with Crippen LogP contribution in [0, 0.1) is 12.8 Å². The van der Waals surface area contributed by atoms with Crippen molar-refractivity contribution in [3.8, 4) is 0 Å². The van der Waals surface area contributed by atoms with Gasteiger partial charge in [-0.1, -0.05) is 12.8 Å². The van der Waals surface area contributed by atoms with E-state index >= 15 is 0 Å². The van der Waals surface area contributed by atoms with E-state index < -0.39 is 0 Å². The predicted octanol–water partition coefficient (Wildman–Crippen LogP) is 2.84. The summed E-state index contributed by atoms with van der Waals surface area (Å²) in [4.78, 5) is 5.97. The van der Waals surface area contributed by atoms with Crippen LogP contribution in [0.3, 0.4) is 0 Å². The Hall–Kier alpha value is -0.490. The molecule has 1 fully saturated rings. The fourth-order valence-electron chi connectivity index (χ4n) is 3.21. The standard InChI is InChI=1S/C16H28N2O2S/c1-11(17-14-7-5-4-6-13(14)10-19)16-12(2)18-15(21-16)8-9-20-3/h11,13-14,17,19H,4-10H2,1-3H3. The average Bonchev–Trinajstić information content (AvgIpc) is 2.86. The minimum absolute atomic E-state index is 0.297. The molecule has 3 atom stereocenters. The van der Waals surface area contributed by atoms with Gasteiger partial charge in [0.25, 0.3) is 0 Å². The molecule has 0 amide bonds. The van der Waals surface area contributed by atoms with Gasteiger partial charge in [0.1, 0.15) is 0 Å². The molecule has 1 saturated carbocycles. The van der Waals surface area contributed by atoms with Gasteiger partial charge in [-0.05, 0) is 32.6 Å². The lowest BCUT2D eigenvalue weighted by Crippen LogP contribution is -2.41. The van der Waals surface area contributed by atoms with Crippen LogP contribution in [-0.2, 0) is 11.2 Å². The Morgan fingerprint density at radius 1 is 1.43 bits per heavy atom. The molecule has 2 N–H and O–H groups in total. The van der Waals surface area contributed by atoms with Crippen LogP contribution >= 0.6 is 11.3 Å². The summed E-state index contributed by atoms with van der Waals surface area (Å²) in [5, 5.41) is 14.4. The van der Waals surface area contributed by atoms with E-state index in [9.17, 15) is 5.11 Å². The molecule has 21 heavy (non-hydrogen) atoms. The number of hydrogen-bond donors (Lipinski definition) is 2. The molecule has 120 valence electrons. The van der Waals surface area contributed by atoms with E-state index in [-0.39, 0.29) is 0 Å². The molecule has 1 heterocycles. The normalized spacial score (nSPS) is 24.2. The van der Waals surface area contributed by atoms with E-state index in [0.717, 1.165) is 30.2 Å². The zero-order valence-electron chi connectivity index (χ0n) is 13.4. The molecule has 1 aliphatic rings. The SMILES string of the molecule is COCCc1nc(C)c(C(C)NC2CCCCC2CO)s1. The van der Waals surface area contributed by atoms with Crippen LogP contribution in [0.25, 0.3) is 0 Å². The molecule has 1 aromatic heterocycles. The maximum atomic E-state index is 9.54. The average molecular weight is 312 g/mol. The fourth-order valence-corrected chi connectivity index (χ4v) is 4.27. The van der Waals surface area contributed by atoms with E-state index in [1.807, 2.05) is 0 Å². The van der Waals surface area contributed by atoms with Crippen molar-refractivity contribution in [2.24, 2.45) is 5.92 Å². The van der Waals surface area contributed by atoms with E-state index in [1.165, 1.54) is 24.1 Å². The van der Waals surface area contributed by atoms with Gasteiger partial charge in [-0.25, -0.2) is 4.98 Å². The zero-order valence-corrected chi connectivity index (χ0v) is 14.2. The topological polar surface area (TPSA) is 54.4 Å². The number of aliphatic hydroxyl groups excluding tert-OH is 1. The van der Waals surface area contributed by atoms with Crippen molar-refractivity contribution >= 4 is 11.3 Å². The van der Waals surface area contributed by atoms with E-state index in [2.05, 4.69) is 24.1 Å². The second-order valence-electron chi connectivity index (χ2n) is 6.02. The van der Waals surface area contributed by atoms with Gasteiger partial charge in [0.15, 0.2) is 0 Å². The first-order valence-electron chi connectivity index (χ1n) is 7.97. The largest absolute Gasteiger partial charge is 0.396 e. The third-order valence-electron chi connectivity index (χ3n) is 4.40. The number of rotatable bonds is 7. The lowest BCUT2D eigenvalue weighted by atomic mass is 9.84. The van der Waals surface area contributed by atoms with Crippen molar-refractivity contribution < 1.29 is 9.84 Å². The molecule has 0 saturated heterocycles. The molecule has 0 bridgehead atoms. The van der Waals surface area contributed by atoms with Gasteiger partial charge in [-0.15, -0.1) is 11.3 Å². The van der Waals surface area contributed by atoms with Crippen LogP contribution < -0.4 is 5.32 Å². The maximum absolute atomic E-state index is 9.54. The third-order valence-corrected chi connectivity index (χ3v) is 5.80. The molecule has 3 unspecified atom stereocenters. The molecule has 0 spiro atoms. The summed E-state index contributed by atoms with van der Waals surface area (Å²) >= 11 is 1.79. The number of nitrogens with zero attached hydrogens (tertiary/aromatic N) is 1. The maximum Gasteiger partial charge on any atom is 0.0954 e. The summed E-state index contributed by atoms with van der Waals surface area (Å²) in [7, 11) is 1.73. The smallest absolute Gasteiger partial charge is 0.0954 e. The Labute approximate surface area is 131 Å². The second-order valence-corrected chi connectivity index (χ2v) is 7.14. The fraction of sp³-hybridized carbons (Fsp3) is 0.812. The molecular weight excluding hydrogens is 284 g/mol. The van der Waals surface area contributed by atoms with Crippen molar-refractivity contribution in [1.82, 2.24) is 10.3 Å². The summed E-state index contributed by atoms with van der Waals surface area (Å²) in [5.41, 5.74) is 1.13. The zero-order chi connectivity index (χ0) is 15.2. The first kappa shape index (κ1) is 16.9. The molecule has 0 aromatic carbocycles. The number of methoxy groups -OCH3 is 1. The minimum atomic E-state index is 0.297. The highest BCUT2D eigenvalue weighted by molar-refractivity contribution is 7.11. The molecule has 0 radical (unpaired) electrons. The minimum Gasteiger partial charge on any atom is -0.396 e. The van der Waals surface area contributed by atoms with Gasteiger partial charge in [0, 0.05) is 37.1 Å². The molecule has 1 aliphatic carbocycles. The van der Waals surface area contributed by atoms with Crippen LogP contribution in [-0.4, -0.2) is 36.5 Å². The van der Waals surface area contributed by atoms with Crippen LogP contribution in [0.2, 0.25) is 0 Å². The lowest BCUT2D eigenvalue weighted by molar-refractivity contribution is 0.147. The first-order valence-corrected chi connectivity index (χ1v) is 8.79. The molecule has 1 aromatic rings. The summed E-state index contributed by atoms with van der Waals surface area (Å²) in [6.07, 6.45) is 5.71. The van der Waals surface area contributed by atoms with Gasteiger partial charge in [0.2, 0.25) is 0 Å². The van der Waals surface area contributed by atoms with Crippen LogP contribution in [0.5, 0.6) is 0 Å². The number of aryl methyl sites for hydroxylation is 1. The number of nitrogens with one attached hydrogen (secondary N) is 1. The van der Waals surface area contributed by atoms with Crippen molar-refractivity contribution in [2.75, 3.05) is 20.3 Å². The molecule has 5 heteroatoms. The highest BCUT2D eigenvalue weighted by atomic mass is 32.1. The summed E-state index contributed by atoms with van der Waals surface area (Å²) < 4.78 is 5.13. The highest BCUT2D eigenvalue weighted by Gasteiger charge is 2.26. The Bertz CT molecular complexity index is 436. The van der Waals surface area contributed by atoms with Gasteiger partial charge in [-0.3, -0.25) is 0 Å². The highest BCUT2D eigenvalue weighted by Crippen LogP contribution is 2.30. The van der Waals surface area contributed by atoms with Crippen LogP contribution in [0.4, 0.5) is 0 Å². The molecule has 0 aliphatic heterocycles. The summed E-state index contributed by atoms with van der Waals surface area (Å²) in [6.45, 7) is 5.32.